The molecular formula is C23H26N6O3S2. The fraction of sp³-hybridized carbons (Fsp3) is 0.391. The van der Waals surface area contributed by atoms with E-state index < -0.39 is 0 Å². The number of ether oxygens (including phenoxy) is 2. The number of fused-ring (bicyclic) bond motifs is 1. The third kappa shape index (κ3) is 4.69. The normalized spacial score (nSPS) is 14.6. The van der Waals surface area contributed by atoms with Gasteiger partial charge < -0.3 is 14.8 Å². The van der Waals surface area contributed by atoms with E-state index in [-0.39, 0.29) is 12.5 Å². The highest BCUT2D eigenvalue weighted by molar-refractivity contribution is 7.18. The van der Waals surface area contributed by atoms with Gasteiger partial charge in [-0.05, 0) is 25.3 Å². The standard InChI is InChI=1S/C23H26N6O3S2/c1-14-21(15(2)28(3)27-14)26-19(30)12-32-22-20-16(17-5-4-10-33-17)13-34-23(20)25-18(24-22)11-29-6-8-31-9-7-29/h4-5,10,13H,6-9,11-12H2,1-3H3,(H,26,30). The maximum atomic E-state index is 12.8. The zero-order valence-electron chi connectivity index (χ0n) is 19.3. The number of nitrogens with one attached hydrogen (secondary N) is 1. The lowest BCUT2D eigenvalue weighted by Gasteiger charge is -2.25. The van der Waals surface area contributed by atoms with E-state index in [1.165, 1.54) is 0 Å². The second-order valence-electron chi connectivity index (χ2n) is 8.15. The smallest absolute Gasteiger partial charge is 0.262 e. The van der Waals surface area contributed by atoms with Gasteiger partial charge in [-0.3, -0.25) is 14.4 Å². The van der Waals surface area contributed by atoms with Crippen LogP contribution in [0.2, 0.25) is 0 Å². The van der Waals surface area contributed by atoms with Crippen LogP contribution in [0.1, 0.15) is 17.2 Å². The Kier molecular flexibility index (Phi) is 6.59. The van der Waals surface area contributed by atoms with Crippen molar-refractivity contribution < 1.29 is 14.3 Å². The summed E-state index contributed by atoms with van der Waals surface area (Å²) < 4.78 is 13.2. The molecule has 5 rings (SSSR count). The first-order chi connectivity index (χ1) is 16.5. The topological polar surface area (TPSA) is 94.4 Å². The van der Waals surface area contributed by atoms with E-state index in [1.54, 1.807) is 27.4 Å². The Morgan fingerprint density at radius 3 is 2.76 bits per heavy atom. The van der Waals surface area contributed by atoms with Crippen LogP contribution in [0.5, 0.6) is 5.88 Å². The summed E-state index contributed by atoms with van der Waals surface area (Å²) in [6, 6.07) is 4.09. The van der Waals surface area contributed by atoms with Gasteiger partial charge in [-0.25, -0.2) is 4.98 Å². The molecule has 1 amide bonds. The van der Waals surface area contributed by atoms with Gasteiger partial charge in [-0.2, -0.15) is 10.1 Å². The van der Waals surface area contributed by atoms with Gasteiger partial charge in [0.1, 0.15) is 10.7 Å². The van der Waals surface area contributed by atoms with Crippen LogP contribution in [-0.4, -0.2) is 63.5 Å². The highest BCUT2D eigenvalue weighted by atomic mass is 32.1. The molecule has 0 aromatic carbocycles. The van der Waals surface area contributed by atoms with Gasteiger partial charge in [0.05, 0.1) is 42.2 Å². The molecule has 0 radical (unpaired) electrons. The average Bonchev–Trinajstić information content (AvgIpc) is 3.55. The predicted molar refractivity (Wildman–Crippen MR) is 134 cm³/mol. The van der Waals surface area contributed by atoms with Crippen molar-refractivity contribution in [2.75, 3.05) is 38.2 Å². The number of thiophene rings is 2. The molecular weight excluding hydrogens is 472 g/mol. The summed E-state index contributed by atoms with van der Waals surface area (Å²) in [5.41, 5.74) is 3.40. The van der Waals surface area contributed by atoms with Crippen molar-refractivity contribution in [2.24, 2.45) is 7.05 Å². The van der Waals surface area contributed by atoms with Crippen molar-refractivity contribution in [3.63, 3.8) is 0 Å². The number of anilines is 1. The van der Waals surface area contributed by atoms with Crippen LogP contribution < -0.4 is 10.1 Å². The van der Waals surface area contributed by atoms with Gasteiger partial charge in [0.2, 0.25) is 5.88 Å². The molecule has 1 N–H and O–H groups in total. The molecule has 1 aliphatic rings. The largest absolute Gasteiger partial charge is 0.467 e. The summed E-state index contributed by atoms with van der Waals surface area (Å²) >= 11 is 3.22. The van der Waals surface area contributed by atoms with Gasteiger partial charge in [0, 0.05) is 36.0 Å². The quantitative estimate of drug-likeness (QED) is 0.416. The van der Waals surface area contributed by atoms with Crippen LogP contribution in [0, 0.1) is 13.8 Å². The van der Waals surface area contributed by atoms with Crippen molar-refractivity contribution in [3.05, 3.63) is 40.1 Å². The summed E-state index contributed by atoms with van der Waals surface area (Å²) in [6.45, 7) is 7.35. The molecule has 0 unspecified atom stereocenters. The Morgan fingerprint density at radius 2 is 2.06 bits per heavy atom. The molecule has 0 atom stereocenters. The molecule has 11 heteroatoms. The Bertz CT molecular complexity index is 1310. The van der Waals surface area contributed by atoms with E-state index in [2.05, 4.69) is 26.8 Å². The lowest BCUT2D eigenvalue weighted by atomic mass is 10.2. The maximum Gasteiger partial charge on any atom is 0.262 e. The number of aromatic nitrogens is 4. The fourth-order valence-electron chi connectivity index (χ4n) is 3.96. The molecule has 9 nitrogen and oxygen atoms in total. The van der Waals surface area contributed by atoms with Crippen molar-refractivity contribution >= 4 is 44.5 Å². The minimum absolute atomic E-state index is 0.156. The lowest BCUT2D eigenvalue weighted by Crippen LogP contribution is -2.36. The fourth-order valence-corrected chi connectivity index (χ4v) is 5.73. The molecule has 4 aromatic rings. The van der Waals surface area contributed by atoms with Crippen LogP contribution in [-0.2, 0) is 23.1 Å². The Balaban J connectivity index is 1.42. The summed E-state index contributed by atoms with van der Waals surface area (Å²) in [7, 11) is 1.85. The summed E-state index contributed by atoms with van der Waals surface area (Å²) in [5.74, 6) is 0.865. The second kappa shape index (κ2) is 9.79. The maximum absolute atomic E-state index is 12.8. The van der Waals surface area contributed by atoms with Crippen LogP contribution in [0.4, 0.5) is 5.69 Å². The molecule has 0 bridgehead atoms. The van der Waals surface area contributed by atoms with Gasteiger partial charge in [0.15, 0.2) is 6.61 Å². The average molecular weight is 499 g/mol. The minimum Gasteiger partial charge on any atom is -0.467 e. The zero-order valence-corrected chi connectivity index (χ0v) is 21.0. The second-order valence-corrected chi connectivity index (χ2v) is 9.95. The van der Waals surface area contributed by atoms with E-state index in [0.29, 0.717) is 37.2 Å². The molecule has 0 spiro atoms. The molecule has 5 heterocycles. The molecule has 1 fully saturated rings. The summed E-state index contributed by atoms with van der Waals surface area (Å²) in [5, 5.41) is 12.2. The summed E-state index contributed by atoms with van der Waals surface area (Å²) in [6.07, 6.45) is 0. The van der Waals surface area contributed by atoms with Gasteiger partial charge in [-0.1, -0.05) is 6.07 Å². The van der Waals surface area contributed by atoms with Crippen molar-refractivity contribution in [3.8, 4) is 16.3 Å². The number of carbonyl (C=O) groups excluding carboxylic acids is 1. The van der Waals surface area contributed by atoms with Gasteiger partial charge in [0.25, 0.3) is 5.91 Å². The zero-order chi connectivity index (χ0) is 23.7. The van der Waals surface area contributed by atoms with Gasteiger partial charge in [-0.15, -0.1) is 22.7 Å². The Labute approximate surface area is 205 Å². The first-order valence-corrected chi connectivity index (χ1v) is 12.8. The van der Waals surface area contributed by atoms with Crippen LogP contribution in [0.25, 0.3) is 20.7 Å². The first-order valence-electron chi connectivity index (χ1n) is 11.0. The molecule has 4 aromatic heterocycles. The van der Waals surface area contributed by atoms with E-state index in [1.807, 2.05) is 32.3 Å². The highest BCUT2D eigenvalue weighted by Gasteiger charge is 2.21. The number of aryl methyl sites for hydroxylation is 2. The van der Waals surface area contributed by atoms with E-state index >= 15 is 0 Å². The molecule has 178 valence electrons. The van der Waals surface area contributed by atoms with E-state index in [4.69, 9.17) is 19.4 Å². The Hall–Kier alpha value is -2.86. The van der Waals surface area contributed by atoms with Gasteiger partial charge >= 0.3 is 0 Å². The first kappa shape index (κ1) is 22.9. The summed E-state index contributed by atoms with van der Waals surface area (Å²) in [4.78, 5) is 26.6. The number of nitrogens with zero attached hydrogens (tertiary/aromatic N) is 5. The minimum atomic E-state index is -0.256. The highest BCUT2D eigenvalue weighted by Crippen LogP contribution is 2.40. The lowest BCUT2D eigenvalue weighted by molar-refractivity contribution is -0.118. The molecule has 1 saturated heterocycles. The van der Waals surface area contributed by atoms with E-state index in [9.17, 15) is 4.79 Å². The molecule has 1 aliphatic heterocycles. The van der Waals surface area contributed by atoms with Crippen LogP contribution >= 0.6 is 22.7 Å². The number of morpholine rings is 1. The SMILES string of the molecule is Cc1nn(C)c(C)c1NC(=O)COc1nc(CN2CCOCC2)nc2scc(-c3cccs3)c12. The third-order valence-electron chi connectivity index (χ3n) is 5.82. The van der Waals surface area contributed by atoms with Crippen LogP contribution in [0.15, 0.2) is 22.9 Å². The number of rotatable bonds is 7. The van der Waals surface area contributed by atoms with Crippen molar-refractivity contribution in [1.29, 1.82) is 0 Å². The predicted octanol–water partition coefficient (Wildman–Crippen LogP) is 3.62. The number of carbonyl (C=O) groups is 1. The van der Waals surface area contributed by atoms with E-state index in [0.717, 1.165) is 45.1 Å². The monoisotopic (exact) mass is 498 g/mol. The molecule has 0 saturated carbocycles. The van der Waals surface area contributed by atoms with Crippen molar-refractivity contribution in [2.45, 2.75) is 20.4 Å². The number of hydrogen-bond donors (Lipinski definition) is 1. The third-order valence-corrected chi connectivity index (χ3v) is 7.59. The van der Waals surface area contributed by atoms with Crippen molar-refractivity contribution in [1.82, 2.24) is 24.6 Å². The molecule has 34 heavy (non-hydrogen) atoms. The molecule has 0 aliphatic carbocycles. The van der Waals surface area contributed by atoms with Crippen LogP contribution in [0.3, 0.4) is 0 Å². The number of amides is 1. The Morgan fingerprint density at radius 1 is 1.24 bits per heavy atom. The number of hydrogen-bond acceptors (Lipinski definition) is 9.